The Labute approximate surface area is 191 Å². The van der Waals surface area contributed by atoms with Crippen LogP contribution in [-0.2, 0) is 0 Å². The van der Waals surface area contributed by atoms with Gasteiger partial charge in [-0.2, -0.15) is 0 Å². The lowest BCUT2D eigenvalue weighted by Gasteiger charge is -2.20. The molecule has 2 aromatic heterocycles. The molecule has 4 rings (SSSR count). The average molecular weight is 451 g/mol. The molecule has 0 unspecified atom stereocenters. The van der Waals surface area contributed by atoms with Gasteiger partial charge in [-0.3, -0.25) is 4.79 Å². The van der Waals surface area contributed by atoms with E-state index in [4.69, 9.17) is 16.0 Å². The van der Waals surface area contributed by atoms with Crippen molar-refractivity contribution in [2.45, 2.75) is 40.7 Å². The molecule has 6 heteroatoms. The third-order valence-corrected chi connectivity index (χ3v) is 5.86. The van der Waals surface area contributed by atoms with Crippen molar-refractivity contribution in [1.29, 1.82) is 0 Å². The lowest BCUT2D eigenvalue weighted by Crippen LogP contribution is -2.13. The number of benzene rings is 2. The van der Waals surface area contributed by atoms with E-state index >= 15 is 0 Å². The minimum absolute atomic E-state index is 0.164. The van der Waals surface area contributed by atoms with E-state index in [0.29, 0.717) is 21.7 Å². The highest BCUT2D eigenvalue weighted by molar-refractivity contribution is 6.29. The maximum absolute atomic E-state index is 14.7. The Morgan fingerprint density at radius 2 is 1.78 bits per heavy atom. The largest absolute Gasteiger partial charge is 0.455 e. The van der Waals surface area contributed by atoms with E-state index in [1.807, 2.05) is 45.9 Å². The Hall–Kier alpha value is -3.18. The van der Waals surface area contributed by atoms with Gasteiger partial charge in [0.05, 0.1) is 28.4 Å². The normalized spacial score (nSPS) is 12.2. The number of hydrogen-bond acceptors (Lipinski definition) is 4. The lowest BCUT2D eigenvalue weighted by atomic mass is 9.98. The fraction of sp³-hybridized carbons (Fsp3) is 0.231. The van der Waals surface area contributed by atoms with Gasteiger partial charge in [0.15, 0.2) is 5.43 Å². The van der Waals surface area contributed by atoms with Crippen LogP contribution in [0, 0.1) is 33.5 Å². The summed E-state index contributed by atoms with van der Waals surface area (Å²) in [6.07, 6.45) is 0. The van der Waals surface area contributed by atoms with Crippen molar-refractivity contribution >= 4 is 28.3 Å². The molecular weight excluding hydrogens is 427 g/mol. The van der Waals surface area contributed by atoms with Crippen molar-refractivity contribution in [1.82, 2.24) is 4.98 Å². The van der Waals surface area contributed by atoms with Crippen LogP contribution in [0.15, 0.2) is 51.7 Å². The molecule has 0 radical (unpaired) electrons. The summed E-state index contributed by atoms with van der Waals surface area (Å²) in [5.41, 5.74) is 5.08. The SMILES string of the molecule is Cc1ccc(-c2oc3c([C@@H](C)Nc4ccc(Cl)nc4C)cc(C)cc3c(=O)c2C)c(F)c1. The van der Waals surface area contributed by atoms with E-state index in [1.165, 1.54) is 6.07 Å². The highest BCUT2D eigenvalue weighted by Crippen LogP contribution is 2.33. The number of halogens is 2. The minimum Gasteiger partial charge on any atom is -0.455 e. The summed E-state index contributed by atoms with van der Waals surface area (Å²) in [7, 11) is 0. The maximum Gasteiger partial charge on any atom is 0.196 e. The molecule has 4 nitrogen and oxygen atoms in total. The Morgan fingerprint density at radius 1 is 1.03 bits per heavy atom. The van der Waals surface area contributed by atoms with Crippen LogP contribution in [0.4, 0.5) is 10.1 Å². The number of pyridine rings is 1. The summed E-state index contributed by atoms with van der Waals surface area (Å²) in [4.78, 5) is 17.5. The Kier molecular flexibility index (Phi) is 5.78. The molecule has 0 spiro atoms. The number of hydrogen-bond donors (Lipinski definition) is 1. The zero-order valence-corrected chi connectivity index (χ0v) is 19.4. The van der Waals surface area contributed by atoms with Gasteiger partial charge < -0.3 is 9.73 Å². The predicted molar refractivity (Wildman–Crippen MR) is 128 cm³/mol. The van der Waals surface area contributed by atoms with E-state index in [-0.39, 0.29) is 22.8 Å². The van der Waals surface area contributed by atoms with Crippen molar-refractivity contribution in [2.75, 3.05) is 5.32 Å². The van der Waals surface area contributed by atoms with Gasteiger partial charge in [0.1, 0.15) is 22.3 Å². The van der Waals surface area contributed by atoms with Crippen LogP contribution in [-0.4, -0.2) is 4.98 Å². The monoisotopic (exact) mass is 450 g/mol. The molecule has 4 aromatic rings. The molecule has 32 heavy (non-hydrogen) atoms. The van der Waals surface area contributed by atoms with Gasteiger partial charge in [-0.25, -0.2) is 9.37 Å². The first kappa shape index (κ1) is 22.0. The van der Waals surface area contributed by atoms with Crippen molar-refractivity contribution in [2.24, 2.45) is 0 Å². The Morgan fingerprint density at radius 3 is 2.47 bits per heavy atom. The standard InChI is InChI=1S/C26H24ClFN2O2/c1-13-6-7-18(21(28)12-13)25-15(3)24(31)20-11-14(2)10-19(26(20)32-25)16(4)29-22-8-9-23(27)30-17(22)5/h6-12,16,29H,1-5H3/t16-/m1/s1. The molecule has 0 aliphatic rings. The second-order valence-corrected chi connectivity index (χ2v) is 8.62. The van der Waals surface area contributed by atoms with Crippen molar-refractivity contribution in [3.63, 3.8) is 0 Å². The second kappa shape index (κ2) is 8.40. The summed E-state index contributed by atoms with van der Waals surface area (Å²) < 4.78 is 21.0. The van der Waals surface area contributed by atoms with Crippen molar-refractivity contribution in [3.8, 4) is 11.3 Å². The zero-order valence-electron chi connectivity index (χ0n) is 18.6. The quantitative estimate of drug-likeness (QED) is 0.338. The smallest absolute Gasteiger partial charge is 0.196 e. The number of aromatic nitrogens is 1. The Balaban J connectivity index is 1.91. The van der Waals surface area contributed by atoms with Crippen LogP contribution in [0.3, 0.4) is 0 Å². The number of anilines is 1. The van der Waals surface area contributed by atoms with Crippen LogP contribution in [0.2, 0.25) is 5.15 Å². The van der Waals surface area contributed by atoms with E-state index in [1.54, 1.807) is 25.1 Å². The average Bonchev–Trinajstić information content (AvgIpc) is 2.73. The molecule has 0 aliphatic carbocycles. The molecule has 2 aromatic carbocycles. The van der Waals surface area contributed by atoms with Crippen molar-refractivity contribution in [3.05, 3.63) is 91.6 Å². The highest BCUT2D eigenvalue weighted by Gasteiger charge is 2.20. The molecule has 0 saturated heterocycles. The number of fused-ring (bicyclic) bond motifs is 1. The van der Waals surface area contributed by atoms with Gasteiger partial charge >= 0.3 is 0 Å². The van der Waals surface area contributed by atoms with E-state index in [9.17, 15) is 9.18 Å². The van der Waals surface area contributed by atoms with Gasteiger partial charge in [0.25, 0.3) is 0 Å². The molecule has 2 heterocycles. The minimum atomic E-state index is -0.418. The van der Waals surface area contributed by atoms with Crippen molar-refractivity contribution < 1.29 is 8.81 Å². The first-order valence-corrected chi connectivity index (χ1v) is 10.8. The van der Waals surface area contributed by atoms with Gasteiger partial charge in [-0.1, -0.05) is 23.7 Å². The van der Waals surface area contributed by atoms with Gasteiger partial charge in [-0.15, -0.1) is 0 Å². The summed E-state index contributed by atoms with van der Waals surface area (Å²) in [6, 6.07) is 12.1. The molecule has 0 saturated carbocycles. The van der Waals surface area contributed by atoms with Gasteiger partial charge in [0, 0.05) is 11.1 Å². The fourth-order valence-electron chi connectivity index (χ4n) is 3.94. The maximum atomic E-state index is 14.7. The highest BCUT2D eigenvalue weighted by atomic mass is 35.5. The predicted octanol–water partition coefficient (Wildman–Crippen LogP) is 7.05. The number of rotatable bonds is 4. The topological polar surface area (TPSA) is 55.1 Å². The van der Waals surface area contributed by atoms with Gasteiger partial charge in [0.2, 0.25) is 0 Å². The molecule has 164 valence electrons. The number of nitrogens with one attached hydrogen (secondary N) is 1. The van der Waals surface area contributed by atoms with Crippen LogP contribution in [0.25, 0.3) is 22.3 Å². The zero-order chi connectivity index (χ0) is 23.2. The molecule has 0 bridgehead atoms. The van der Waals surface area contributed by atoms with E-state index in [2.05, 4.69) is 10.3 Å². The first-order chi connectivity index (χ1) is 15.2. The fourth-order valence-corrected chi connectivity index (χ4v) is 4.13. The van der Waals surface area contributed by atoms with Crippen LogP contribution in [0.1, 0.15) is 40.9 Å². The molecule has 1 N–H and O–H groups in total. The molecule has 1 atom stereocenters. The van der Waals surface area contributed by atoms with Crippen LogP contribution in [0.5, 0.6) is 0 Å². The molecule has 0 aliphatic heterocycles. The second-order valence-electron chi connectivity index (χ2n) is 8.23. The molecular formula is C26H24ClFN2O2. The summed E-state index contributed by atoms with van der Waals surface area (Å²) in [5.74, 6) is -0.167. The van der Waals surface area contributed by atoms with Crippen LogP contribution >= 0.6 is 11.6 Å². The number of aryl methyl sites for hydroxylation is 3. The summed E-state index contributed by atoms with van der Waals surface area (Å²) >= 11 is 5.98. The first-order valence-electron chi connectivity index (χ1n) is 10.4. The van der Waals surface area contributed by atoms with Crippen LogP contribution < -0.4 is 10.7 Å². The summed E-state index contributed by atoms with van der Waals surface area (Å²) in [5, 5.41) is 4.33. The molecule has 0 fully saturated rings. The molecule has 0 amide bonds. The summed E-state index contributed by atoms with van der Waals surface area (Å²) in [6.45, 7) is 9.28. The number of nitrogens with zero attached hydrogens (tertiary/aromatic N) is 1. The Bertz CT molecular complexity index is 1410. The van der Waals surface area contributed by atoms with Gasteiger partial charge in [-0.05, 0) is 76.1 Å². The third kappa shape index (κ3) is 4.00. The van der Waals surface area contributed by atoms with E-state index in [0.717, 1.165) is 28.1 Å². The van der Waals surface area contributed by atoms with E-state index < -0.39 is 5.82 Å². The third-order valence-electron chi connectivity index (χ3n) is 5.65. The lowest BCUT2D eigenvalue weighted by molar-refractivity contribution is 0.585.